The van der Waals surface area contributed by atoms with Crippen LogP contribution in [-0.4, -0.2) is 29.9 Å². The molecule has 0 saturated heterocycles. The molecule has 0 spiro atoms. The Kier molecular flexibility index (Phi) is 11.3. The van der Waals surface area contributed by atoms with Crippen molar-refractivity contribution in [1.29, 1.82) is 0 Å². The smallest absolute Gasteiger partial charge is 0.255 e. The molecule has 0 N–H and O–H groups in total. The van der Waals surface area contributed by atoms with Gasteiger partial charge >= 0.3 is 17.1 Å². The van der Waals surface area contributed by atoms with Gasteiger partial charge in [0.05, 0.1) is 34.2 Å². The second-order valence-electron chi connectivity index (χ2n) is 7.29. The summed E-state index contributed by atoms with van der Waals surface area (Å²) in [5, 5.41) is 0. The molecule has 179 valence electrons. The number of nitrogens with zero attached hydrogens (tertiary/aromatic N) is 6. The average Bonchev–Trinajstić information content (AvgIpc) is 3.01. The van der Waals surface area contributed by atoms with E-state index in [9.17, 15) is 0 Å². The third kappa shape index (κ3) is 8.85. The molecule has 0 atom stereocenters. The third-order valence-electron chi connectivity index (χ3n) is 4.78. The Morgan fingerprint density at radius 2 is 0.405 bits per heavy atom. The Hall–Kier alpha value is -4.58. The van der Waals surface area contributed by atoms with Crippen LogP contribution in [0, 0.1) is 0 Å². The summed E-state index contributed by atoms with van der Waals surface area (Å²) in [7, 11) is 0. The predicted molar refractivity (Wildman–Crippen MR) is 142 cm³/mol. The van der Waals surface area contributed by atoms with Gasteiger partial charge in [0.1, 0.15) is 0 Å². The molecule has 6 aromatic heterocycles. The van der Waals surface area contributed by atoms with Crippen LogP contribution in [0.25, 0.3) is 34.2 Å². The van der Waals surface area contributed by atoms with Crippen LogP contribution >= 0.6 is 0 Å². The van der Waals surface area contributed by atoms with Gasteiger partial charge < -0.3 is 0 Å². The minimum Gasteiger partial charge on any atom is -0.255 e. The van der Waals surface area contributed by atoms with E-state index in [1.807, 2.05) is 109 Å². The van der Waals surface area contributed by atoms with Gasteiger partial charge in [-0.25, -0.2) is 0 Å². The predicted octanol–water partition coefficient (Wildman–Crippen LogP) is 6.43. The van der Waals surface area contributed by atoms with Gasteiger partial charge in [-0.15, -0.1) is 0 Å². The summed E-state index contributed by atoms with van der Waals surface area (Å²) >= 11 is 0. The normalized spacial score (nSPS) is 9.41. The van der Waals surface area contributed by atoms with Crippen LogP contribution in [0.5, 0.6) is 0 Å². The minimum atomic E-state index is 0. The summed E-state index contributed by atoms with van der Waals surface area (Å²) in [4.78, 5) is 25.1. The summed E-state index contributed by atoms with van der Waals surface area (Å²) in [6.45, 7) is 0. The summed E-state index contributed by atoms with van der Waals surface area (Å²) in [6, 6.07) is 34.8. The monoisotopic (exact) mass is 523 g/mol. The van der Waals surface area contributed by atoms with Gasteiger partial charge in [0.2, 0.25) is 0 Å². The zero-order valence-electron chi connectivity index (χ0n) is 19.9. The van der Waals surface area contributed by atoms with Crippen LogP contribution in [0.2, 0.25) is 0 Å². The number of hydrogen-bond donors (Lipinski definition) is 0. The Morgan fingerprint density at radius 3 is 0.514 bits per heavy atom. The molecule has 6 rings (SSSR count). The molecule has 0 fully saturated rings. The number of rotatable bonds is 3. The van der Waals surface area contributed by atoms with Crippen molar-refractivity contribution in [3.05, 3.63) is 146 Å². The van der Waals surface area contributed by atoms with E-state index in [-0.39, 0.29) is 17.1 Å². The van der Waals surface area contributed by atoms with E-state index in [0.29, 0.717) is 0 Å². The van der Waals surface area contributed by atoms with Crippen LogP contribution in [0.3, 0.4) is 0 Å². The Morgan fingerprint density at radius 1 is 0.243 bits per heavy atom. The van der Waals surface area contributed by atoms with Gasteiger partial charge in [-0.05, 0) is 72.8 Å². The van der Waals surface area contributed by atoms with Crippen molar-refractivity contribution in [2.45, 2.75) is 0 Å². The van der Waals surface area contributed by atoms with E-state index in [0.717, 1.165) is 34.2 Å². The largest absolute Gasteiger partial charge is 2.00 e. The van der Waals surface area contributed by atoms with Crippen molar-refractivity contribution in [2.75, 3.05) is 0 Å². The van der Waals surface area contributed by atoms with Crippen LogP contribution < -0.4 is 0 Å². The zero-order valence-corrected chi connectivity index (χ0v) is 21.1. The van der Waals surface area contributed by atoms with Crippen molar-refractivity contribution in [2.24, 2.45) is 0 Å². The van der Waals surface area contributed by atoms with Crippen LogP contribution in [0.1, 0.15) is 0 Å². The summed E-state index contributed by atoms with van der Waals surface area (Å²) in [6.07, 6.45) is 10.6. The van der Waals surface area contributed by atoms with E-state index in [1.54, 1.807) is 37.2 Å². The molecule has 6 nitrogen and oxygen atoms in total. The van der Waals surface area contributed by atoms with Gasteiger partial charge in [-0.1, -0.05) is 36.4 Å². The molecular weight excluding hydrogens is 499 g/mol. The number of pyridine rings is 6. The topological polar surface area (TPSA) is 77.3 Å². The second-order valence-corrected chi connectivity index (χ2v) is 7.29. The zero-order chi connectivity index (χ0) is 24.7. The molecule has 0 aliphatic rings. The fourth-order valence-electron chi connectivity index (χ4n) is 3.09. The van der Waals surface area contributed by atoms with Gasteiger partial charge in [0, 0.05) is 37.2 Å². The van der Waals surface area contributed by atoms with Gasteiger partial charge in [-0.3, -0.25) is 29.9 Å². The molecular formula is C30H24MnN6+2. The fourth-order valence-corrected chi connectivity index (χ4v) is 3.09. The molecule has 1 radical (unpaired) electrons. The molecule has 37 heavy (non-hydrogen) atoms. The average molecular weight is 524 g/mol. The fraction of sp³-hybridized carbons (Fsp3) is 0. The first kappa shape index (κ1) is 27.0. The third-order valence-corrected chi connectivity index (χ3v) is 4.78. The van der Waals surface area contributed by atoms with E-state index in [1.165, 1.54) is 0 Å². The maximum Gasteiger partial charge on any atom is 2.00 e. The summed E-state index contributed by atoms with van der Waals surface area (Å²) in [5.41, 5.74) is 5.49. The van der Waals surface area contributed by atoms with Crippen molar-refractivity contribution in [1.82, 2.24) is 29.9 Å². The molecule has 6 heterocycles. The molecule has 0 aliphatic carbocycles. The van der Waals surface area contributed by atoms with E-state index < -0.39 is 0 Å². The van der Waals surface area contributed by atoms with E-state index in [2.05, 4.69) is 29.9 Å². The molecule has 0 aromatic carbocycles. The maximum atomic E-state index is 4.19. The van der Waals surface area contributed by atoms with E-state index in [4.69, 9.17) is 0 Å². The summed E-state index contributed by atoms with van der Waals surface area (Å²) in [5.74, 6) is 0. The van der Waals surface area contributed by atoms with Gasteiger partial charge in [-0.2, -0.15) is 0 Å². The molecule has 6 aromatic rings. The first-order valence-electron chi connectivity index (χ1n) is 11.4. The summed E-state index contributed by atoms with van der Waals surface area (Å²) < 4.78 is 0. The SMILES string of the molecule is [Mn+2].c1ccc(-c2ccccn2)nc1.c1ccc(-c2ccccn2)nc1.c1ccc(-c2ccccn2)nc1. The first-order valence-corrected chi connectivity index (χ1v) is 11.4. The molecule has 0 unspecified atom stereocenters. The Bertz CT molecular complexity index is 1100. The van der Waals surface area contributed by atoms with Crippen LogP contribution in [0.15, 0.2) is 146 Å². The van der Waals surface area contributed by atoms with Crippen LogP contribution in [0.4, 0.5) is 0 Å². The van der Waals surface area contributed by atoms with E-state index >= 15 is 0 Å². The van der Waals surface area contributed by atoms with Gasteiger partial charge in [0.15, 0.2) is 0 Å². The van der Waals surface area contributed by atoms with Crippen LogP contribution in [-0.2, 0) is 17.1 Å². The first-order chi connectivity index (χ1) is 17.9. The number of aromatic nitrogens is 6. The molecule has 0 aliphatic heterocycles. The Labute approximate surface area is 227 Å². The number of hydrogen-bond acceptors (Lipinski definition) is 6. The second kappa shape index (κ2) is 15.4. The Balaban J connectivity index is 0.000000152. The molecule has 7 heteroatoms. The quantitative estimate of drug-likeness (QED) is 0.249. The molecule has 0 amide bonds. The maximum absolute atomic E-state index is 4.19. The van der Waals surface area contributed by atoms with Crippen molar-refractivity contribution < 1.29 is 17.1 Å². The molecule has 0 saturated carbocycles. The van der Waals surface area contributed by atoms with Crippen molar-refractivity contribution >= 4 is 0 Å². The minimum absolute atomic E-state index is 0. The molecule has 0 bridgehead atoms. The van der Waals surface area contributed by atoms with Gasteiger partial charge in [0.25, 0.3) is 0 Å². The standard InChI is InChI=1S/3C10H8N2.Mn/c3*1-3-7-11-9(5-1)10-6-2-4-8-12-10;/h3*1-8H;/q;;;+2. The van der Waals surface area contributed by atoms with Crippen molar-refractivity contribution in [3.63, 3.8) is 0 Å². The van der Waals surface area contributed by atoms with Crippen molar-refractivity contribution in [3.8, 4) is 34.2 Å².